The van der Waals surface area contributed by atoms with Crippen molar-refractivity contribution in [1.29, 1.82) is 0 Å². The van der Waals surface area contributed by atoms with E-state index in [0.29, 0.717) is 17.2 Å². The summed E-state index contributed by atoms with van der Waals surface area (Å²) in [5.74, 6) is 0.213. The fourth-order valence-electron chi connectivity index (χ4n) is 2.02. The molecule has 0 saturated heterocycles. The maximum atomic E-state index is 11.9. The van der Waals surface area contributed by atoms with Crippen LogP contribution in [0.2, 0.25) is 0 Å². The first-order chi connectivity index (χ1) is 11.7. The molecule has 2 aromatic heterocycles. The first kappa shape index (κ1) is 15.6. The third-order valence-electron chi connectivity index (χ3n) is 3.22. The first-order valence-corrected chi connectivity index (χ1v) is 7.32. The van der Waals surface area contributed by atoms with Crippen molar-refractivity contribution >= 4 is 11.8 Å². The van der Waals surface area contributed by atoms with Gasteiger partial charge in [-0.25, -0.2) is 4.79 Å². The molecule has 0 fully saturated rings. The van der Waals surface area contributed by atoms with Gasteiger partial charge in [-0.3, -0.25) is 4.79 Å². The molecule has 3 rings (SSSR count). The molecule has 24 heavy (non-hydrogen) atoms. The number of Topliss-reactive ketones (excluding diaryl/α,β-unsaturated/α-hetero) is 1. The second-order valence-electron chi connectivity index (χ2n) is 4.95. The van der Waals surface area contributed by atoms with E-state index in [-0.39, 0.29) is 24.8 Å². The average Bonchev–Trinajstić information content (AvgIpc) is 3.30. The van der Waals surface area contributed by atoms with Crippen LogP contribution in [0.15, 0.2) is 65.2 Å². The standard InChI is InChI=1S/C18H15NO5/c20-16(15-7-4-10-19-15)12-23-18(21)17-9-8-14(24-17)11-22-13-5-2-1-3-6-13/h1-10,19H,11-12H2. The molecule has 6 nitrogen and oxygen atoms in total. The number of H-pyrrole nitrogens is 1. The lowest BCUT2D eigenvalue weighted by atomic mass is 10.3. The first-order valence-electron chi connectivity index (χ1n) is 7.32. The number of ketones is 1. The van der Waals surface area contributed by atoms with Crippen LogP contribution in [0.3, 0.4) is 0 Å². The molecule has 0 amide bonds. The van der Waals surface area contributed by atoms with Crippen molar-refractivity contribution in [2.24, 2.45) is 0 Å². The molecule has 6 heteroatoms. The van der Waals surface area contributed by atoms with Gasteiger partial charge in [-0.1, -0.05) is 18.2 Å². The van der Waals surface area contributed by atoms with Crippen molar-refractivity contribution in [3.05, 3.63) is 78.0 Å². The molecule has 0 saturated carbocycles. The molecule has 1 aromatic carbocycles. The molecule has 0 aliphatic heterocycles. The minimum absolute atomic E-state index is 0.0287. The highest BCUT2D eigenvalue weighted by molar-refractivity contribution is 5.97. The van der Waals surface area contributed by atoms with Gasteiger partial charge in [-0.2, -0.15) is 0 Å². The Kier molecular flexibility index (Phi) is 4.76. The number of hydrogen-bond donors (Lipinski definition) is 1. The summed E-state index contributed by atoms with van der Waals surface area (Å²) in [6.07, 6.45) is 1.63. The van der Waals surface area contributed by atoms with Crippen LogP contribution in [0.25, 0.3) is 0 Å². The Labute approximate surface area is 138 Å². The summed E-state index contributed by atoms with van der Waals surface area (Å²) in [7, 11) is 0. The van der Waals surface area contributed by atoms with Gasteiger partial charge in [0.2, 0.25) is 11.5 Å². The molecule has 0 bridgehead atoms. The topological polar surface area (TPSA) is 81.5 Å². The largest absolute Gasteiger partial charge is 0.486 e. The van der Waals surface area contributed by atoms with Gasteiger partial charge in [-0.05, 0) is 36.4 Å². The van der Waals surface area contributed by atoms with Crippen LogP contribution in [-0.4, -0.2) is 23.3 Å². The van der Waals surface area contributed by atoms with E-state index in [1.165, 1.54) is 6.07 Å². The molecule has 3 aromatic rings. The van der Waals surface area contributed by atoms with E-state index in [2.05, 4.69) is 4.98 Å². The second-order valence-corrected chi connectivity index (χ2v) is 4.95. The van der Waals surface area contributed by atoms with Gasteiger partial charge in [0.1, 0.15) is 18.1 Å². The molecule has 0 spiro atoms. The third-order valence-corrected chi connectivity index (χ3v) is 3.22. The zero-order valence-corrected chi connectivity index (χ0v) is 12.7. The Morgan fingerprint density at radius 1 is 1.00 bits per heavy atom. The predicted molar refractivity (Wildman–Crippen MR) is 84.9 cm³/mol. The summed E-state index contributed by atoms with van der Waals surface area (Å²) in [5.41, 5.74) is 0.388. The van der Waals surface area contributed by atoms with Crippen LogP contribution >= 0.6 is 0 Å². The van der Waals surface area contributed by atoms with E-state index in [9.17, 15) is 9.59 Å². The third kappa shape index (κ3) is 3.92. The van der Waals surface area contributed by atoms with E-state index in [1.807, 2.05) is 30.3 Å². The number of aromatic amines is 1. The van der Waals surface area contributed by atoms with Crippen LogP contribution in [0.5, 0.6) is 5.75 Å². The van der Waals surface area contributed by atoms with E-state index < -0.39 is 5.97 Å². The van der Waals surface area contributed by atoms with Crippen molar-refractivity contribution in [3.8, 4) is 5.75 Å². The van der Waals surface area contributed by atoms with E-state index in [4.69, 9.17) is 13.9 Å². The van der Waals surface area contributed by atoms with Gasteiger partial charge in [0.25, 0.3) is 0 Å². The van der Waals surface area contributed by atoms with Gasteiger partial charge >= 0.3 is 5.97 Å². The smallest absolute Gasteiger partial charge is 0.374 e. The molecular weight excluding hydrogens is 310 g/mol. The SMILES string of the molecule is O=C(COC(=O)c1ccc(COc2ccccc2)o1)c1ccc[nH]1. The maximum Gasteiger partial charge on any atom is 0.374 e. The monoisotopic (exact) mass is 325 g/mol. The van der Waals surface area contributed by atoms with Crippen LogP contribution in [0.4, 0.5) is 0 Å². The summed E-state index contributed by atoms with van der Waals surface area (Å²) in [4.78, 5) is 26.4. The fraction of sp³-hybridized carbons (Fsp3) is 0.111. The van der Waals surface area contributed by atoms with Crippen molar-refractivity contribution in [3.63, 3.8) is 0 Å². The zero-order valence-electron chi connectivity index (χ0n) is 12.7. The Balaban J connectivity index is 1.51. The Morgan fingerprint density at radius 2 is 1.83 bits per heavy atom. The summed E-state index contributed by atoms with van der Waals surface area (Å²) in [6, 6.07) is 15.7. The average molecular weight is 325 g/mol. The number of esters is 1. The van der Waals surface area contributed by atoms with Gasteiger partial charge in [0.05, 0.1) is 5.69 Å². The van der Waals surface area contributed by atoms with Crippen LogP contribution in [-0.2, 0) is 11.3 Å². The highest BCUT2D eigenvalue weighted by Gasteiger charge is 2.16. The number of carbonyl (C=O) groups excluding carboxylic acids is 2. The number of ether oxygens (including phenoxy) is 2. The number of para-hydroxylation sites is 1. The lowest BCUT2D eigenvalue weighted by molar-refractivity contribution is 0.0439. The zero-order chi connectivity index (χ0) is 16.8. The molecule has 0 unspecified atom stereocenters. The summed E-state index contributed by atoms with van der Waals surface area (Å²) >= 11 is 0. The van der Waals surface area contributed by atoms with Crippen LogP contribution in [0.1, 0.15) is 26.8 Å². The van der Waals surface area contributed by atoms with Crippen LogP contribution < -0.4 is 4.74 Å². The minimum Gasteiger partial charge on any atom is -0.486 e. The fourth-order valence-corrected chi connectivity index (χ4v) is 2.02. The highest BCUT2D eigenvalue weighted by Crippen LogP contribution is 2.14. The molecule has 0 aliphatic carbocycles. The van der Waals surface area contributed by atoms with Gasteiger partial charge in [0, 0.05) is 6.20 Å². The summed E-state index contributed by atoms with van der Waals surface area (Å²) in [6.45, 7) is -0.158. The predicted octanol–water partition coefficient (Wildman–Crippen LogP) is 3.23. The number of rotatable bonds is 7. The summed E-state index contributed by atoms with van der Waals surface area (Å²) < 4.78 is 15.8. The van der Waals surface area contributed by atoms with Crippen molar-refractivity contribution < 1.29 is 23.5 Å². The molecule has 122 valence electrons. The molecular formula is C18H15NO5. The van der Waals surface area contributed by atoms with E-state index >= 15 is 0 Å². The van der Waals surface area contributed by atoms with Crippen molar-refractivity contribution in [2.45, 2.75) is 6.61 Å². The molecule has 0 atom stereocenters. The number of hydrogen-bond acceptors (Lipinski definition) is 5. The van der Waals surface area contributed by atoms with Gasteiger partial charge in [-0.15, -0.1) is 0 Å². The van der Waals surface area contributed by atoms with E-state index in [1.54, 1.807) is 24.4 Å². The lowest BCUT2D eigenvalue weighted by Crippen LogP contribution is -2.14. The lowest BCUT2D eigenvalue weighted by Gasteiger charge is -2.03. The number of furan rings is 1. The van der Waals surface area contributed by atoms with Gasteiger partial charge in [0.15, 0.2) is 6.61 Å². The molecule has 2 heterocycles. The van der Waals surface area contributed by atoms with Crippen molar-refractivity contribution in [1.82, 2.24) is 4.98 Å². The minimum atomic E-state index is -0.694. The Morgan fingerprint density at radius 3 is 2.58 bits per heavy atom. The van der Waals surface area contributed by atoms with E-state index in [0.717, 1.165) is 0 Å². The second kappa shape index (κ2) is 7.32. The Hall–Kier alpha value is -3.28. The molecule has 1 N–H and O–H groups in total. The van der Waals surface area contributed by atoms with Gasteiger partial charge < -0.3 is 18.9 Å². The van der Waals surface area contributed by atoms with Crippen molar-refractivity contribution in [2.75, 3.05) is 6.61 Å². The maximum absolute atomic E-state index is 11.9. The summed E-state index contributed by atoms with van der Waals surface area (Å²) in [5, 5.41) is 0. The molecule has 0 radical (unpaired) electrons. The number of aromatic nitrogens is 1. The molecule has 0 aliphatic rings. The number of carbonyl (C=O) groups is 2. The quantitative estimate of drug-likeness (QED) is 0.533. The highest BCUT2D eigenvalue weighted by atomic mass is 16.5. The number of nitrogens with one attached hydrogen (secondary N) is 1. The number of benzene rings is 1. The van der Waals surface area contributed by atoms with Crippen LogP contribution in [0, 0.1) is 0 Å². The Bertz CT molecular complexity index is 805. The normalized spacial score (nSPS) is 10.3.